The van der Waals surface area contributed by atoms with Crippen molar-refractivity contribution in [2.24, 2.45) is 5.41 Å². The average molecular weight is 225 g/mol. The van der Waals surface area contributed by atoms with E-state index in [1.54, 1.807) is 20.8 Å². The number of hydrogen-bond donors (Lipinski definition) is 0. The third kappa shape index (κ3) is 3.23. The van der Waals surface area contributed by atoms with Crippen LogP contribution in [0.4, 0.5) is 0 Å². The highest BCUT2D eigenvalue weighted by molar-refractivity contribution is 5.77. The van der Waals surface area contributed by atoms with Gasteiger partial charge >= 0.3 is 11.9 Å². The molecule has 0 spiro atoms. The Morgan fingerprint density at radius 3 is 2.69 bits per heavy atom. The van der Waals surface area contributed by atoms with Crippen molar-refractivity contribution in [2.75, 3.05) is 0 Å². The summed E-state index contributed by atoms with van der Waals surface area (Å²) in [5.41, 5.74) is -0.608. The van der Waals surface area contributed by atoms with Crippen molar-refractivity contribution >= 4 is 11.9 Å². The highest BCUT2D eigenvalue weighted by Gasteiger charge is 2.33. The second-order valence-electron chi connectivity index (χ2n) is 4.82. The van der Waals surface area contributed by atoms with Crippen molar-refractivity contribution in [2.45, 2.75) is 45.8 Å². The van der Waals surface area contributed by atoms with Crippen molar-refractivity contribution in [3.8, 4) is 6.07 Å². The maximum absolute atomic E-state index is 11.6. The second kappa shape index (κ2) is 4.52. The lowest BCUT2D eigenvalue weighted by atomic mass is 9.97. The number of cyclic esters (lactones) is 1. The summed E-state index contributed by atoms with van der Waals surface area (Å²) in [5.74, 6) is -0.867. The van der Waals surface area contributed by atoms with Crippen molar-refractivity contribution in [3.05, 3.63) is 0 Å². The Balaban J connectivity index is 2.58. The maximum atomic E-state index is 11.6. The minimum absolute atomic E-state index is 0.0278. The van der Waals surface area contributed by atoms with Crippen LogP contribution in [0.3, 0.4) is 0 Å². The van der Waals surface area contributed by atoms with Crippen LogP contribution in [0.1, 0.15) is 33.6 Å². The first-order valence-electron chi connectivity index (χ1n) is 5.13. The maximum Gasteiger partial charge on any atom is 0.311 e. The molecule has 88 valence electrons. The van der Waals surface area contributed by atoms with E-state index in [1.807, 2.05) is 6.07 Å². The lowest BCUT2D eigenvalue weighted by Gasteiger charge is -2.27. The molecule has 2 unspecified atom stereocenters. The first-order chi connectivity index (χ1) is 7.32. The SMILES string of the molecule is CC(C)(C)C(=O)OC1CC(=O)OC(C#N)C1. The van der Waals surface area contributed by atoms with Gasteiger partial charge < -0.3 is 9.47 Å². The van der Waals surface area contributed by atoms with Gasteiger partial charge in [0.05, 0.1) is 11.8 Å². The van der Waals surface area contributed by atoms with E-state index < -0.39 is 23.6 Å². The number of carbonyl (C=O) groups excluding carboxylic acids is 2. The van der Waals surface area contributed by atoms with Gasteiger partial charge in [0.2, 0.25) is 0 Å². The van der Waals surface area contributed by atoms with Gasteiger partial charge in [0.1, 0.15) is 12.2 Å². The molecule has 16 heavy (non-hydrogen) atoms. The van der Waals surface area contributed by atoms with Gasteiger partial charge in [0.25, 0.3) is 0 Å². The van der Waals surface area contributed by atoms with Gasteiger partial charge in [-0.05, 0) is 20.8 Å². The second-order valence-corrected chi connectivity index (χ2v) is 4.82. The van der Waals surface area contributed by atoms with Crippen LogP contribution in [0.15, 0.2) is 0 Å². The first kappa shape index (κ1) is 12.5. The fourth-order valence-corrected chi connectivity index (χ4v) is 1.26. The minimum atomic E-state index is -0.806. The number of nitrogens with zero attached hydrogens (tertiary/aromatic N) is 1. The molecule has 5 heteroatoms. The molecular weight excluding hydrogens is 210 g/mol. The monoisotopic (exact) mass is 225 g/mol. The Labute approximate surface area is 94.3 Å². The molecule has 0 aliphatic carbocycles. The molecule has 1 aliphatic heterocycles. The summed E-state index contributed by atoms with van der Waals surface area (Å²) in [6.45, 7) is 5.20. The van der Waals surface area contributed by atoms with Gasteiger partial charge in [0.15, 0.2) is 6.10 Å². The highest BCUT2D eigenvalue weighted by Crippen LogP contribution is 2.22. The van der Waals surface area contributed by atoms with E-state index >= 15 is 0 Å². The number of ether oxygens (including phenoxy) is 2. The van der Waals surface area contributed by atoms with Crippen LogP contribution in [0.2, 0.25) is 0 Å². The standard InChI is InChI=1S/C11H15NO4/c1-11(2,3)10(14)16-7-4-8(6-12)15-9(13)5-7/h7-8H,4-5H2,1-3H3. The van der Waals surface area contributed by atoms with Gasteiger partial charge in [-0.3, -0.25) is 9.59 Å². The van der Waals surface area contributed by atoms with Gasteiger partial charge in [-0.25, -0.2) is 0 Å². The zero-order chi connectivity index (χ0) is 12.3. The van der Waals surface area contributed by atoms with Gasteiger partial charge in [-0.1, -0.05) is 0 Å². The van der Waals surface area contributed by atoms with Crippen LogP contribution >= 0.6 is 0 Å². The number of rotatable bonds is 1. The Morgan fingerprint density at radius 2 is 2.19 bits per heavy atom. The molecule has 1 aliphatic rings. The van der Waals surface area contributed by atoms with Gasteiger partial charge in [-0.15, -0.1) is 0 Å². The molecule has 0 aromatic heterocycles. The third-order valence-electron chi connectivity index (χ3n) is 2.18. The molecule has 0 aromatic carbocycles. The quantitative estimate of drug-likeness (QED) is 0.626. The van der Waals surface area contributed by atoms with E-state index in [4.69, 9.17) is 14.7 Å². The average Bonchev–Trinajstić information content (AvgIpc) is 2.15. The highest BCUT2D eigenvalue weighted by atomic mass is 16.6. The molecule has 0 N–H and O–H groups in total. The summed E-state index contributed by atoms with van der Waals surface area (Å²) >= 11 is 0. The summed E-state index contributed by atoms with van der Waals surface area (Å²) < 4.78 is 9.91. The molecular formula is C11H15NO4. The minimum Gasteiger partial charge on any atom is -0.461 e. The molecule has 1 saturated heterocycles. The lowest BCUT2D eigenvalue weighted by Crippen LogP contribution is -2.37. The van der Waals surface area contributed by atoms with Crippen molar-refractivity contribution in [1.82, 2.24) is 0 Å². The summed E-state index contributed by atoms with van der Waals surface area (Å²) in [4.78, 5) is 22.7. The van der Waals surface area contributed by atoms with E-state index in [1.165, 1.54) is 0 Å². The van der Waals surface area contributed by atoms with Crippen molar-refractivity contribution < 1.29 is 19.1 Å². The van der Waals surface area contributed by atoms with E-state index in [0.717, 1.165) is 0 Å². The van der Waals surface area contributed by atoms with E-state index in [9.17, 15) is 9.59 Å². The Hall–Kier alpha value is -1.57. The molecule has 2 atom stereocenters. The number of hydrogen-bond acceptors (Lipinski definition) is 5. The molecule has 1 fully saturated rings. The number of carbonyl (C=O) groups is 2. The van der Waals surface area contributed by atoms with Crippen LogP contribution in [0.5, 0.6) is 0 Å². The lowest BCUT2D eigenvalue weighted by molar-refractivity contribution is -0.171. The van der Waals surface area contributed by atoms with Crippen LogP contribution in [0, 0.1) is 16.7 Å². The van der Waals surface area contributed by atoms with Crippen LogP contribution in [-0.4, -0.2) is 24.1 Å². The first-order valence-corrected chi connectivity index (χ1v) is 5.13. The van der Waals surface area contributed by atoms with Gasteiger partial charge in [-0.2, -0.15) is 5.26 Å². The Bertz CT molecular complexity index is 337. The summed E-state index contributed by atoms with van der Waals surface area (Å²) in [5, 5.41) is 8.65. The largest absolute Gasteiger partial charge is 0.461 e. The molecule has 0 bridgehead atoms. The molecule has 5 nitrogen and oxygen atoms in total. The molecule has 0 aromatic rings. The predicted molar refractivity (Wildman–Crippen MR) is 54.1 cm³/mol. The molecule has 1 heterocycles. The fraction of sp³-hybridized carbons (Fsp3) is 0.727. The molecule has 0 saturated carbocycles. The zero-order valence-electron chi connectivity index (χ0n) is 9.65. The summed E-state index contributed by atoms with van der Waals surface area (Å²) in [7, 11) is 0. The van der Waals surface area contributed by atoms with Gasteiger partial charge in [0, 0.05) is 6.42 Å². The van der Waals surface area contributed by atoms with Crippen molar-refractivity contribution in [3.63, 3.8) is 0 Å². The zero-order valence-corrected chi connectivity index (χ0v) is 9.65. The molecule has 0 radical (unpaired) electrons. The van der Waals surface area contributed by atoms with Crippen molar-refractivity contribution in [1.29, 1.82) is 5.26 Å². The molecule has 1 rings (SSSR count). The number of esters is 2. The van der Waals surface area contributed by atoms with Crippen LogP contribution < -0.4 is 0 Å². The summed E-state index contributed by atoms with van der Waals surface area (Å²) in [6, 6.07) is 1.84. The smallest absolute Gasteiger partial charge is 0.311 e. The third-order valence-corrected chi connectivity index (χ3v) is 2.18. The summed E-state index contributed by atoms with van der Waals surface area (Å²) in [6.07, 6.45) is -1.07. The van der Waals surface area contributed by atoms with E-state index in [-0.39, 0.29) is 18.8 Å². The number of nitriles is 1. The van der Waals surface area contributed by atoms with E-state index in [2.05, 4.69) is 0 Å². The fourth-order valence-electron chi connectivity index (χ4n) is 1.26. The van der Waals surface area contributed by atoms with E-state index in [0.29, 0.717) is 0 Å². The van der Waals surface area contributed by atoms with Crippen LogP contribution in [0.25, 0.3) is 0 Å². The predicted octanol–water partition coefficient (Wildman–Crippen LogP) is 1.17. The normalized spacial score (nSPS) is 25.5. The Kier molecular flexibility index (Phi) is 3.53. The topological polar surface area (TPSA) is 76.4 Å². The molecule has 0 amide bonds. The van der Waals surface area contributed by atoms with Crippen LogP contribution in [-0.2, 0) is 19.1 Å². The Morgan fingerprint density at radius 1 is 1.56 bits per heavy atom.